The number of carboxylic acid groups (broad SMARTS) is 1. The van der Waals surface area contributed by atoms with Gasteiger partial charge in [-0.05, 0) is 54.5 Å². The van der Waals surface area contributed by atoms with Gasteiger partial charge in [-0.2, -0.15) is 0 Å². The van der Waals surface area contributed by atoms with Crippen LogP contribution in [0.5, 0.6) is 0 Å². The van der Waals surface area contributed by atoms with Gasteiger partial charge in [0.15, 0.2) is 0 Å². The minimum atomic E-state index is -0.906. The number of carboxylic acids is 1. The first kappa shape index (κ1) is 17.1. The van der Waals surface area contributed by atoms with Gasteiger partial charge in [0.25, 0.3) is 0 Å². The van der Waals surface area contributed by atoms with Crippen LogP contribution in [-0.4, -0.2) is 40.0 Å². The first-order valence-corrected chi connectivity index (χ1v) is 8.61. The quantitative estimate of drug-likeness (QED) is 0.910. The second-order valence-corrected chi connectivity index (χ2v) is 6.59. The summed E-state index contributed by atoms with van der Waals surface area (Å²) in [5, 5.41) is 8.97. The van der Waals surface area contributed by atoms with Crippen LogP contribution in [0.3, 0.4) is 0 Å². The van der Waals surface area contributed by atoms with Crippen molar-refractivity contribution in [2.75, 3.05) is 13.1 Å². The van der Waals surface area contributed by atoms with E-state index >= 15 is 0 Å². The Hall–Kier alpha value is -2.69. The highest BCUT2D eigenvalue weighted by Gasteiger charge is 2.24. The number of pyridine rings is 1. The van der Waals surface area contributed by atoms with Gasteiger partial charge in [-0.3, -0.25) is 9.78 Å². The third kappa shape index (κ3) is 4.66. The zero-order valence-electron chi connectivity index (χ0n) is 14.1. The highest BCUT2D eigenvalue weighted by Crippen LogP contribution is 2.22. The van der Waals surface area contributed by atoms with Gasteiger partial charge in [0, 0.05) is 25.5 Å². The number of carbonyl (C=O) groups is 2. The van der Waals surface area contributed by atoms with Crippen molar-refractivity contribution in [2.45, 2.75) is 25.7 Å². The number of piperidine rings is 1. The van der Waals surface area contributed by atoms with Crippen molar-refractivity contribution in [1.29, 1.82) is 0 Å². The van der Waals surface area contributed by atoms with E-state index in [0.29, 0.717) is 17.9 Å². The summed E-state index contributed by atoms with van der Waals surface area (Å²) in [6.45, 7) is 1.58. The molecule has 1 aromatic carbocycles. The van der Waals surface area contributed by atoms with E-state index < -0.39 is 5.97 Å². The maximum atomic E-state index is 12.5. The summed E-state index contributed by atoms with van der Waals surface area (Å²) in [4.78, 5) is 29.5. The molecule has 2 aromatic rings. The number of hydrogen-bond donors (Lipinski definition) is 1. The molecule has 130 valence electrons. The predicted molar refractivity (Wildman–Crippen MR) is 94.4 cm³/mol. The van der Waals surface area contributed by atoms with Crippen LogP contribution in [0.2, 0.25) is 0 Å². The van der Waals surface area contributed by atoms with Gasteiger partial charge in [0.1, 0.15) is 0 Å². The fraction of sp³-hybridized carbons (Fsp3) is 0.350. The molecule has 1 aromatic heterocycles. The Morgan fingerprint density at radius 1 is 1.16 bits per heavy atom. The van der Waals surface area contributed by atoms with Crippen LogP contribution in [0.1, 0.15) is 34.3 Å². The summed E-state index contributed by atoms with van der Waals surface area (Å²) < 4.78 is 0. The summed E-state index contributed by atoms with van der Waals surface area (Å²) in [7, 11) is 0. The Labute approximate surface area is 147 Å². The number of aromatic carboxylic acids is 1. The van der Waals surface area contributed by atoms with Gasteiger partial charge in [0.2, 0.25) is 5.91 Å². The third-order valence-corrected chi connectivity index (χ3v) is 4.68. The second kappa shape index (κ2) is 7.92. The molecule has 0 saturated carbocycles. The largest absolute Gasteiger partial charge is 0.478 e. The molecule has 5 nitrogen and oxygen atoms in total. The number of aromatic nitrogens is 1. The Bertz CT molecular complexity index is 728. The molecular weight excluding hydrogens is 316 g/mol. The number of hydrogen-bond acceptors (Lipinski definition) is 3. The van der Waals surface area contributed by atoms with Crippen molar-refractivity contribution in [3.63, 3.8) is 0 Å². The number of likely N-dealkylation sites (tertiary alicyclic amines) is 1. The van der Waals surface area contributed by atoms with Crippen LogP contribution in [0, 0.1) is 5.92 Å². The van der Waals surface area contributed by atoms with Crippen molar-refractivity contribution in [2.24, 2.45) is 5.92 Å². The summed E-state index contributed by atoms with van der Waals surface area (Å²) >= 11 is 0. The van der Waals surface area contributed by atoms with Crippen LogP contribution >= 0.6 is 0 Å². The maximum Gasteiger partial charge on any atom is 0.335 e. The molecule has 1 fully saturated rings. The topological polar surface area (TPSA) is 70.5 Å². The molecular formula is C20H22N2O3. The predicted octanol–water partition coefficient (Wildman–Crippen LogP) is 2.80. The molecule has 0 bridgehead atoms. The fourth-order valence-corrected chi connectivity index (χ4v) is 3.36. The van der Waals surface area contributed by atoms with Gasteiger partial charge in [-0.15, -0.1) is 0 Å². The number of carbonyl (C=O) groups excluding carboxylic acids is 1. The fourth-order valence-electron chi connectivity index (χ4n) is 3.36. The average molecular weight is 338 g/mol. The van der Waals surface area contributed by atoms with Crippen molar-refractivity contribution >= 4 is 11.9 Å². The molecule has 3 rings (SSSR count). The van der Waals surface area contributed by atoms with Crippen LogP contribution in [0.15, 0.2) is 48.8 Å². The number of nitrogens with zero attached hydrogens (tertiary/aromatic N) is 2. The summed E-state index contributed by atoms with van der Waals surface area (Å²) in [5.41, 5.74) is 2.37. The third-order valence-electron chi connectivity index (χ3n) is 4.68. The van der Waals surface area contributed by atoms with Gasteiger partial charge >= 0.3 is 5.97 Å². The summed E-state index contributed by atoms with van der Waals surface area (Å²) in [6, 6.07) is 10.8. The summed E-state index contributed by atoms with van der Waals surface area (Å²) in [5.74, 6) is -0.336. The molecule has 5 heteroatoms. The van der Waals surface area contributed by atoms with Gasteiger partial charge in [-0.25, -0.2) is 4.79 Å². The van der Waals surface area contributed by atoms with Crippen LogP contribution < -0.4 is 0 Å². The minimum Gasteiger partial charge on any atom is -0.478 e. The Kier molecular flexibility index (Phi) is 5.43. The van der Waals surface area contributed by atoms with Gasteiger partial charge in [0.05, 0.1) is 12.0 Å². The smallest absolute Gasteiger partial charge is 0.335 e. The van der Waals surface area contributed by atoms with E-state index in [1.54, 1.807) is 24.5 Å². The molecule has 0 spiro atoms. The highest BCUT2D eigenvalue weighted by atomic mass is 16.4. The maximum absolute atomic E-state index is 12.5. The Morgan fingerprint density at radius 3 is 2.64 bits per heavy atom. The van der Waals surface area contributed by atoms with Crippen LogP contribution in [-0.2, 0) is 17.6 Å². The molecule has 0 radical (unpaired) electrons. The SMILES string of the molecule is O=C(O)c1ccc(CC2CCCN(C(=O)Cc3cccnc3)C2)cc1. The van der Waals surface area contributed by atoms with E-state index in [2.05, 4.69) is 4.98 Å². The molecule has 1 unspecified atom stereocenters. The molecule has 2 heterocycles. The summed E-state index contributed by atoms with van der Waals surface area (Å²) in [6.07, 6.45) is 6.82. The Morgan fingerprint density at radius 2 is 1.96 bits per heavy atom. The second-order valence-electron chi connectivity index (χ2n) is 6.59. The number of benzene rings is 1. The molecule has 0 aliphatic carbocycles. The normalized spacial score (nSPS) is 17.3. The molecule has 1 N–H and O–H groups in total. The monoisotopic (exact) mass is 338 g/mol. The lowest BCUT2D eigenvalue weighted by Crippen LogP contribution is -2.41. The first-order chi connectivity index (χ1) is 12.1. The molecule has 1 aliphatic heterocycles. The average Bonchev–Trinajstić information content (AvgIpc) is 2.63. The van der Waals surface area contributed by atoms with E-state index in [1.807, 2.05) is 29.2 Å². The molecule has 1 atom stereocenters. The van der Waals surface area contributed by atoms with E-state index in [-0.39, 0.29) is 5.91 Å². The van der Waals surface area contributed by atoms with Crippen LogP contribution in [0.25, 0.3) is 0 Å². The van der Waals surface area contributed by atoms with E-state index in [9.17, 15) is 9.59 Å². The van der Waals surface area contributed by atoms with E-state index in [1.165, 1.54) is 0 Å². The van der Waals surface area contributed by atoms with Gasteiger partial charge in [-0.1, -0.05) is 18.2 Å². The van der Waals surface area contributed by atoms with Crippen molar-refractivity contribution in [3.8, 4) is 0 Å². The lowest BCUT2D eigenvalue weighted by molar-refractivity contribution is -0.132. The van der Waals surface area contributed by atoms with Crippen molar-refractivity contribution in [3.05, 3.63) is 65.5 Å². The van der Waals surface area contributed by atoms with Crippen molar-refractivity contribution < 1.29 is 14.7 Å². The molecule has 1 saturated heterocycles. The zero-order valence-corrected chi connectivity index (χ0v) is 14.1. The van der Waals surface area contributed by atoms with Gasteiger partial charge < -0.3 is 10.0 Å². The van der Waals surface area contributed by atoms with Crippen molar-refractivity contribution in [1.82, 2.24) is 9.88 Å². The van der Waals surface area contributed by atoms with Crippen LogP contribution in [0.4, 0.5) is 0 Å². The highest BCUT2D eigenvalue weighted by molar-refractivity contribution is 5.87. The minimum absolute atomic E-state index is 0.152. The molecule has 1 amide bonds. The lowest BCUT2D eigenvalue weighted by Gasteiger charge is -2.33. The van der Waals surface area contributed by atoms with E-state index in [4.69, 9.17) is 5.11 Å². The zero-order chi connectivity index (χ0) is 17.6. The number of amides is 1. The molecule has 1 aliphatic rings. The van der Waals surface area contributed by atoms with E-state index in [0.717, 1.165) is 43.5 Å². The Balaban J connectivity index is 1.57. The first-order valence-electron chi connectivity index (χ1n) is 8.61. The molecule has 25 heavy (non-hydrogen) atoms. The lowest BCUT2D eigenvalue weighted by atomic mass is 9.90. The number of rotatable bonds is 5. The standard InChI is InChI=1S/C20H22N2O3/c23-19(12-16-3-1-9-21-13-16)22-10-2-4-17(14-22)11-15-5-7-18(8-6-15)20(24)25/h1,3,5-9,13,17H,2,4,10-12,14H2,(H,24,25).